The fourth-order valence-corrected chi connectivity index (χ4v) is 1.34. The van der Waals surface area contributed by atoms with Gasteiger partial charge in [0.25, 0.3) is 0 Å². The molecule has 0 spiro atoms. The van der Waals surface area contributed by atoms with Crippen LogP contribution in [-0.4, -0.2) is 15.9 Å². The van der Waals surface area contributed by atoms with E-state index in [9.17, 15) is 4.79 Å². The lowest BCUT2D eigenvalue weighted by Crippen LogP contribution is -1.83. The number of carbonyl (C=O) groups excluding carboxylic acids is 1. The average molecular weight is 207 g/mol. The zero-order valence-corrected chi connectivity index (χ0v) is 9.17. The molecule has 0 aliphatic heterocycles. The summed E-state index contributed by atoms with van der Waals surface area (Å²) in [6.07, 6.45) is 5.71. The van der Waals surface area contributed by atoms with Gasteiger partial charge < -0.3 is 0 Å². The minimum absolute atomic E-state index is 0.145. The van der Waals surface area contributed by atoms with Gasteiger partial charge in [0, 0.05) is 18.9 Å². The van der Waals surface area contributed by atoms with Crippen LogP contribution in [0.5, 0.6) is 0 Å². The highest BCUT2D eigenvalue weighted by Crippen LogP contribution is 2.04. The Labute approximate surface area is 88.4 Å². The summed E-state index contributed by atoms with van der Waals surface area (Å²) in [6.45, 7) is 3.58. The van der Waals surface area contributed by atoms with Crippen molar-refractivity contribution in [2.24, 2.45) is 0 Å². The van der Waals surface area contributed by atoms with Crippen LogP contribution in [0.2, 0.25) is 0 Å². The number of hydrogen-bond acceptors (Lipinski definition) is 3. The highest BCUT2D eigenvalue weighted by atomic mass is 32.2. The van der Waals surface area contributed by atoms with E-state index in [1.54, 1.807) is 6.92 Å². The first-order valence-electron chi connectivity index (χ1n) is 4.41. The number of rotatable bonds is 3. The summed E-state index contributed by atoms with van der Waals surface area (Å²) in [5.74, 6) is 0.713. The van der Waals surface area contributed by atoms with Crippen LogP contribution < -0.4 is 0 Å². The van der Waals surface area contributed by atoms with Crippen LogP contribution in [0.25, 0.3) is 6.08 Å². The van der Waals surface area contributed by atoms with E-state index >= 15 is 0 Å². The van der Waals surface area contributed by atoms with Gasteiger partial charge in [-0.1, -0.05) is 23.9 Å². The molecule has 0 saturated carbocycles. The lowest BCUT2D eigenvalue weighted by Gasteiger charge is -1.93. The van der Waals surface area contributed by atoms with Crippen molar-refractivity contribution in [1.82, 2.24) is 4.98 Å². The molecular formula is C11H13NOS. The van der Waals surface area contributed by atoms with Gasteiger partial charge >= 0.3 is 0 Å². The van der Waals surface area contributed by atoms with E-state index in [-0.39, 0.29) is 5.12 Å². The lowest BCUT2D eigenvalue weighted by molar-refractivity contribution is -0.109. The Morgan fingerprint density at radius 1 is 1.57 bits per heavy atom. The maximum Gasteiger partial charge on any atom is 0.186 e. The third-order valence-electron chi connectivity index (χ3n) is 1.61. The standard InChI is InChI=1S/C11H13NOS/c1-9-5-6-11(12-8-9)4-3-7-14-10(2)13/h3-6,8H,7H2,1-2H3. The van der Waals surface area contributed by atoms with Crippen molar-refractivity contribution in [2.45, 2.75) is 13.8 Å². The van der Waals surface area contributed by atoms with Crippen LogP contribution in [0.1, 0.15) is 18.2 Å². The maximum atomic E-state index is 10.6. The molecule has 0 unspecified atom stereocenters. The van der Waals surface area contributed by atoms with E-state index in [1.165, 1.54) is 11.8 Å². The van der Waals surface area contributed by atoms with Crippen molar-refractivity contribution >= 4 is 23.0 Å². The average Bonchev–Trinajstić information content (AvgIpc) is 2.15. The Kier molecular flexibility index (Phi) is 4.40. The van der Waals surface area contributed by atoms with Gasteiger partial charge in [-0.25, -0.2) is 0 Å². The molecule has 1 rings (SSSR count). The van der Waals surface area contributed by atoms with Crippen molar-refractivity contribution in [1.29, 1.82) is 0 Å². The topological polar surface area (TPSA) is 30.0 Å². The molecule has 0 bridgehead atoms. The van der Waals surface area contributed by atoms with Gasteiger partial charge in [0.15, 0.2) is 5.12 Å². The molecule has 1 aromatic rings. The van der Waals surface area contributed by atoms with Crippen LogP contribution in [-0.2, 0) is 4.79 Å². The van der Waals surface area contributed by atoms with Gasteiger partial charge in [0.2, 0.25) is 0 Å². The fourth-order valence-electron chi connectivity index (χ4n) is 0.912. The fraction of sp³-hybridized carbons (Fsp3) is 0.273. The summed E-state index contributed by atoms with van der Waals surface area (Å²) in [4.78, 5) is 14.8. The number of aromatic nitrogens is 1. The van der Waals surface area contributed by atoms with Crippen molar-refractivity contribution in [3.05, 3.63) is 35.7 Å². The molecule has 0 aliphatic rings. The van der Waals surface area contributed by atoms with E-state index in [1.807, 2.05) is 37.4 Å². The highest BCUT2D eigenvalue weighted by Gasteiger charge is 1.90. The smallest absolute Gasteiger partial charge is 0.186 e. The van der Waals surface area contributed by atoms with Crippen LogP contribution in [0.3, 0.4) is 0 Å². The zero-order chi connectivity index (χ0) is 10.4. The van der Waals surface area contributed by atoms with Gasteiger partial charge in [-0.3, -0.25) is 9.78 Å². The molecule has 14 heavy (non-hydrogen) atoms. The van der Waals surface area contributed by atoms with Crippen LogP contribution in [0.4, 0.5) is 0 Å². The zero-order valence-electron chi connectivity index (χ0n) is 8.36. The Morgan fingerprint density at radius 2 is 2.36 bits per heavy atom. The summed E-state index contributed by atoms with van der Waals surface area (Å²) < 4.78 is 0. The Hall–Kier alpha value is -1.09. The predicted molar refractivity (Wildman–Crippen MR) is 61.1 cm³/mol. The van der Waals surface area contributed by atoms with E-state index in [2.05, 4.69) is 4.98 Å². The van der Waals surface area contributed by atoms with Gasteiger partial charge in [-0.2, -0.15) is 0 Å². The van der Waals surface area contributed by atoms with Gasteiger partial charge in [0.1, 0.15) is 0 Å². The lowest BCUT2D eigenvalue weighted by atomic mass is 10.2. The summed E-state index contributed by atoms with van der Waals surface area (Å²) in [5, 5.41) is 0.145. The first-order valence-corrected chi connectivity index (χ1v) is 5.39. The maximum absolute atomic E-state index is 10.6. The second kappa shape index (κ2) is 5.60. The molecule has 3 heteroatoms. The molecule has 0 amide bonds. The molecule has 0 aliphatic carbocycles. The third-order valence-corrected chi connectivity index (χ3v) is 2.37. The molecule has 74 valence electrons. The number of aryl methyl sites for hydroxylation is 1. The minimum atomic E-state index is 0.145. The van der Waals surface area contributed by atoms with Gasteiger partial charge in [0.05, 0.1) is 5.69 Å². The van der Waals surface area contributed by atoms with Crippen LogP contribution in [0.15, 0.2) is 24.4 Å². The first kappa shape index (κ1) is 11.0. The van der Waals surface area contributed by atoms with E-state index in [0.717, 1.165) is 11.3 Å². The molecule has 2 nitrogen and oxygen atoms in total. The second-order valence-corrected chi connectivity index (χ2v) is 4.16. The molecule has 0 atom stereocenters. The van der Waals surface area contributed by atoms with Crippen molar-refractivity contribution in [3.63, 3.8) is 0 Å². The van der Waals surface area contributed by atoms with Gasteiger partial charge in [-0.05, 0) is 24.6 Å². The number of hydrogen-bond donors (Lipinski definition) is 0. The van der Waals surface area contributed by atoms with Crippen molar-refractivity contribution in [3.8, 4) is 0 Å². The van der Waals surface area contributed by atoms with Crippen LogP contribution in [0, 0.1) is 6.92 Å². The summed E-state index contributed by atoms with van der Waals surface area (Å²) in [7, 11) is 0. The predicted octanol–water partition coefficient (Wildman–Crippen LogP) is 2.68. The first-order chi connectivity index (χ1) is 6.68. The number of carbonyl (C=O) groups is 1. The van der Waals surface area contributed by atoms with E-state index < -0.39 is 0 Å². The number of nitrogens with zero attached hydrogens (tertiary/aromatic N) is 1. The van der Waals surface area contributed by atoms with Crippen molar-refractivity contribution < 1.29 is 4.79 Å². The molecular weight excluding hydrogens is 194 g/mol. The van der Waals surface area contributed by atoms with Crippen LogP contribution >= 0.6 is 11.8 Å². The molecule has 0 N–H and O–H groups in total. The largest absolute Gasteiger partial charge is 0.288 e. The molecule has 1 heterocycles. The Balaban J connectivity index is 2.44. The molecule has 0 saturated heterocycles. The van der Waals surface area contributed by atoms with Gasteiger partial charge in [-0.15, -0.1) is 0 Å². The molecule has 0 aromatic carbocycles. The van der Waals surface area contributed by atoms with E-state index in [0.29, 0.717) is 5.75 Å². The summed E-state index contributed by atoms with van der Waals surface area (Å²) in [5.41, 5.74) is 2.08. The summed E-state index contributed by atoms with van der Waals surface area (Å²) in [6, 6.07) is 3.98. The normalized spacial score (nSPS) is 10.7. The Morgan fingerprint density at radius 3 is 2.93 bits per heavy atom. The molecule has 0 fully saturated rings. The number of pyridine rings is 1. The SMILES string of the molecule is CC(=O)SCC=Cc1ccc(C)cn1. The molecule has 0 radical (unpaired) electrons. The quantitative estimate of drug-likeness (QED) is 0.763. The molecule has 1 aromatic heterocycles. The highest BCUT2D eigenvalue weighted by molar-refractivity contribution is 8.13. The Bertz CT molecular complexity index is 330. The monoisotopic (exact) mass is 207 g/mol. The summed E-state index contributed by atoms with van der Waals surface area (Å²) >= 11 is 1.30. The third kappa shape index (κ3) is 4.23. The number of thioether (sulfide) groups is 1. The second-order valence-electron chi connectivity index (χ2n) is 2.97. The van der Waals surface area contributed by atoms with E-state index in [4.69, 9.17) is 0 Å². The minimum Gasteiger partial charge on any atom is -0.288 e. The van der Waals surface area contributed by atoms with Crippen molar-refractivity contribution in [2.75, 3.05) is 5.75 Å².